The van der Waals surface area contributed by atoms with Gasteiger partial charge in [-0.05, 0) is 57.6 Å². The van der Waals surface area contributed by atoms with Gasteiger partial charge >= 0.3 is 0 Å². The van der Waals surface area contributed by atoms with Gasteiger partial charge in [-0.2, -0.15) is 0 Å². The summed E-state index contributed by atoms with van der Waals surface area (Å²) in [5.74, 6) is 1.26. The minimum absolute atomic E-state index is 0.0321. The van der Waals surface area contributed by atoms with E-state index >= 15 is 0 Å². The monoisotopic (exact) mass is 416 g/mol. The first-order valence-electron chi connectivity index (χ1n) is 8.59. The van der Waals surface area contributed by atoms with E-state index in [0.29, 0.717) is 23.7 Å². The van der Waals surface area contributed by atoms with Gasteiger partial charge in [-0.1, -0.05) is 51.1 Å². The van der Waals surface area contributed by atoms with E-state index in [0.717, 1.165) is 10.0 Å². The van der Waals surface area contributed by atoms with Crippen molar-refractivity contribution >= 4 is 27.8 Å². The topological polar surface area (TPSA) is 35.5 Å². The van der Waals surface area contributed by atoms with Crippen molar-refractivity contribution < 1.29 is 14.3 Å². The van der Waals surface area contributed by atoms with Gasteiger partial charge < -0.3 is 9.47 Å². The van der Waals surface area contributed by atoms with Crippen molar-refractivity contribution in [1.82, 2.24) is 0 Å². The Morgan fingerprint density at radius 1 is 1.15 bits per heavy atom. The molecule has 0 bridgehead atoms. The standard InChI is InChI=1S/C22H25BrO3/c1-6-26-20-14-15(13-18(23)21(20)25-5)7-12-19(24)16-8-10-17(11-9-16)22(2,3)4/h7-14H,6H2,1-5H3/b12-7+. The molecule has 0 amide bonds. The Bertz CT molecular complexity index is 799. The molecule has 0 radical (unpaired) electrons. The number of allylic oxidation sites excluding steroid dienone is 1. The lowest BCUT2D eigenvalue weighted by Crippen LogP contribution is -2.11. The van der Waals surface area contributed by atoms with E-state index in [1.54, 1.807) is 19.3 Å². The molecule has 0 aromatic heterocycles. The highest BCUT2D eigenvalue weighted by molar-refractivity contribution is 9.10. The maximum Gasteiger partial charge on any atom is 0.185 e. The zero-order chi connectivity index (χ0) is 19.3. The zero-order valence-electron chi connectivity index (χ0n) is 15.9. The van der Waals surface area contributed by atoms with Crippen LogP contribution in [-0.4, -0.2) is 19.5 Å². The van der Waals surface area contributed by atoms with Crippen LogP contribution in [0.2, 0.25) is 0 Å². The number of ether oxygens (including phenoxy) is 2. The summed E-state index contributed by atoms with van der Waals surface area (Å²) >= 11 is 3.48. The lowest BCUT2D eigenvalue weighted by molar-refractivity contribution is 0.104. The predicted octanol–water partition coefficient (Wildman–Crippen LogP) is 6.05. The van der Waals surface area contributed by atoms with E-state index in [2.05, 4.69) is 36.7 Å². The number of halogens is 1. The molecule has 0 aliphatic heterocycles. The molecule has 3 nitrogen and oxygen atoms in total. The highest BCUT2D eigenvalue weighted by Crippen LogP contribution is 2.37. The molecular formula is C22H25BrO3. The number of carbonyl (C=O) groups is 1. The third-order valence-corrected chi connectivity index (χ3v) is 4.59. The summed E-state index contributed by atoms with van der Waals surface area (Å²) in [7, 11) is 1.60. The van der Waals surface area contributed by atoms with Crippen molar-refractivity contribution in [2.75, 3.05) is 13.7 Å². The van der Waals surface area contributed by atoms with E-state index in [1.165, 1.54) is 5.56 Å². The summed E-state index contributed by atoms with van der Waals surface area (Å²) < 4.78 is 11.8. The Morgan fingerprint density at radius 3 is 2.35 bits per heavy atom. The molecule has 0 unspecified atom stereocenters. The number of benzene rings is 2. The molecule has 2 aromatic rings. The van der Waals surface area contributed by atoms with E-state index in [1.807, 2.05) is 43.3 Å². The summed E-state index contributed by atoms with van der Waals surface area (Å²) in [6.07, 6.45) is 3.36. The first-order valence-corrected chi connectivity index (χ1v) is 9.39. The van der Waals surface area contributed by atoms with Gasteiger partial charge in [0.15, 0.2) is 17.3 Å². The van der Waals surface area contributed by atoms with Crippen LogP contribution in [-0.2, 0) is 5.41 Å². The summed E-state index contributed by atoms with van der Waals surface area (Å²) in [6, 6.07) is 11.5. The molecule has 0 aliphatic rings. The second kappa shape index (κ2) is 8.54. The Morgan fingerprint density at radius 2 is 1.81 bits per heavy atom. The molecular weight excluding hydrogens is 392 g/mol. The highest BCUT2D eigenvalue weighted by atomic mass is 79.9. The van der Waals surface area contributed by atoms with E-state index < -0.39 is 0 Å². The van der Waals surface area contributed by atoms with Crippen molar-refractivity contribution in [1.29, 1.82) is 0 Å². The quantitative estimate of drug-likeness (QED) is 0.424. The molecule has 0 N–H and O–H groups in total. The fourth-order valence-electron chi connectivity index (χ4n) is 2.55. The minimum atomic E-state index is -0.0321. The van der Waals surface area contributed by atoms with Crippen molar-refractivity contribution in [3.8, 4) is 11.5 Å². The second-order valence-corrected chi connectivity index (χ2v) is 7.85. The molecule has 0 aliphatic carbocycles. The van der Waals surface area contributed by atoms with Crippen LogP contribution in [0.3, 0.4) is 0 Å². The van der Waals surface area contributed by atoms with E-state index in [-0.39, 0.29) is 11.2 Å². The number of ketones is 1. The van der Waals surface area contributed by atoms with E-state index in [4.69, 9.17) is 9.47 Å². The third kappa shape index (κ3) is 4.98. The highest BCUT2D eigenvalue weighted by Gasteiger charge is 2.14. The average molecular weight is 417 g/mol. The molecule has 0 saturated heterocycles. The van der Waals surface area contributed by atoms with Gasteiger partial charge in [-0.15, -0.1) is 0 Å². The Labute approximate surface area is 164 Å². The number of hydrogen-bond donors (Lipinski definition) is 0. The Kier molecular flexibility index (Phi) is 6.65. The number of carbonyl (C=O) groups excluding carboxylic acids is 1. The van der Waals surface area contributed by atoms with Crippen LogP contribution >= 0.6 is 15.9 Å². The maximum atomic E-state index is 12.4. The van der Waals surface area contributed by atoms with Gasteiger partial charge in [-0.3, -0.25) is 4.79 Å². The van der Waals surface area contributed by atoms with Gasteiger partial charge in [0.05, 0.1) is 18.2 Å². The summed E-state index contributed by atoms with van der Waals surface area (Å²) in [5.41, 5.74) is 2.81. The molecule has 4 heteroatoms. The summed E-state index contributed by atoms with van der Waals surface area (Å²) in [6.45, 7) is 8.92. The second-order valence-electron chi connectivity index (χ2n) is 6.99. The van der Waals surface area contributed by atoms with Crippen LogP contribution in [0.4, 0.5) is 0 Å². The normalized spacial score (nSPS) is 11.6. The van der Waals surface area contributed by atoms with Gasteiger partial charge in [0.25, 0.3) is 0 Å². The van der Waals surface area contributed by atoms with Gasteiger partial charge in [0.2, 0.25) is 0 Å². The van der Waals surface area contributed by atoms with E-state index in [9.17, 15) is 4.79 Å². The molecule has 2 aromatic carbocycles. The van der Waals surface area contributed by atoms with Crippen molar-refractivity contribution in [2.24, 2.45) is 0 Å². The third-order valence-electron chi connectivity index (χ3n) is 4.00. The number of rotatable bonds is 6. The SMILES string of the molecule is CCOc1cc(/C=C/C(=O)c2ccc(C(C)(C)C)cc2)cc(Br)c1OC. The van der Waals surface area contributed by atoms with Gasteiger partial charge in [-0.25, -0.2) is 0 Å². The lowest BCUT2D eigenvalue weighted by Gasteiger charge is -2.18. The molecule has 0 atom stereocenters. The van der Waals surface area contributed by atoms with Gasteiger partial charge in [0.1, 0.15) is 0 Å². The first kappa shape index (κ1) is 20.2. The fraction of sp³-hybridized carbons (Fsp3) is 0.318. The molecule has 0 spiro atoms. The summed E-state index contributed by atoms with van der Waals surface area (Å²) in [4.78, 5) is 12.4. The summed E-state index contributed by atoms with van der Waals surface area (Å²) in [5, 5.41) is 0. The van der Waals surface area contributed by atoms with Crippen molar-refractivity contribution in [3.05, 3.63) is 63.6 Å². The Balaban J connectivity index is 2.22. The lowest BCUT2D eigenvalue weighted by atomic mass is 9.86. The van der Waals surface area contributed by atoms with Crippen LogP contribution in [0.1, 0.15) is 49.2 Å². The van der Waals surface area contributed by atoms with Crippen molar-refractivity contribution in [2.45, 2.75) is 33.1 Å². The molecule has 26 heavy (non-hydrogen) atoms. The van der Waals surface area contributed by atoms with Crippen LogP contribution < -0.4 is 9.47 Å². The van der Waals surface area contributed by atoms with Crippen LogP contribution in [0.25, 0.3) is 6.08 Å². The molecule has 2 rings (SSSR count). The largest absolute Gasteiger partial charge is 0.492 e. The molecule has 0 fully saturated rings. The Hall–Kier alpha value is -2.07. The average Bonchev–Trinajstić information content (AvgIpc) is 2.59. The number of hydrogen-bond acceptors (Lipinski definition) is 3. The van der Waals surface area contributed by atoms with Crippen LogP contribution in [0, 0.1) is 0 Å². The molecule has 0 saturated carbocycles. The predicted molar refractivity (Wildman–Crippen MR) is 110 cm³/mol. The number of methoxy groups -OCH3 is 1. The minimum Gasteiger partial charge on any atom is -0.492 e. The van der Waals surface area contributed by atoms with Crippen LogP contribution in [0.5, 0.6) is 11.5 Å². The van der Waals surface area contributed by atoms with Crippen molar-refractivity contribution in [3.63, 3.8) is 0 Å². The molecule has 138 valence electrons. The maximum absolute atomic E-state index is 12.4. The smallest absolute Gasteiger partial charge is 0.185 e. The fourth-order valence-corrected chi connectivity index (χ4v) is 3.17. The van der Waals surface area contributed by atoms with Crippen LogP contribution in [0.15, 0.2) is 46.9 Å². The van der Waals surface area contributed by atoms with Gasteiger partial charge in [0, 0.05) is 5.56 Å². The molecule has 0 heterocycles. The zero-order valence-corrected chi connectivity index (χ0v) is 17.5. The first-order chi connectivity index (χ1) is 12.3.